The first kappa shape index (κ1) is 20.1. The second-order valence-corrected chi connectivity index (χ2v) is 8.22. The Balaban J connectivity index is 2.25. The van der Waals surface area contributed by atoms with Crippen molar-refractivity contribution in [2.45, 2.75) is 57.7 Å². The summed E-state index contributed by atoms with van der Waals surface area (Å²) in [6.45, 7) is 7.47. The zero-order valence-electron chi connectivity index (χ0n) is 15.2. The van der Waals surface area contributed by atoms with Crippen molar-refractivity contribution >= 4 is 34.8 Å². The molecular weight excluding hydrogens is 360 g/mol. The van der Waals surface area contributed by atoms with Crippen LogP contribution in [0.3, 0.4) is 0 Å². The lowest BCUT2D eigenvalue weighted by Crippen LogP contribution is -2.66. The molecule has 26 heavy (non-hydrogen) atoms. The Hall–Kier alpha value is -2.19. The van der Waals surface area contributed by atoms with Crippen LogP contribution in [-0.2, 0) is 9.59 Å². The lowest BCUT2D eigenvalue weighted by Gasteiger charge is -2.54. The monoisotopic (exact) mass is 382 g/mol. The number of nitro groups is 1. The third-order valence-electron chi connectivity index (χ3n) is 4.53. The smallest absolute Gasteiger partial charge is 0.313 e. The average Bonchev–Trinajstić information content (AvgIpc) is 2.45. The van der Waals surface area contributed by atoms with Gasteiger partial charge in [-0.25, -0.2) is 0 Å². The van der Waals surface area contributed by atoms with E-state index in [0.717, 1.165) is 6.07 Å². The number of carbonyl (C=O) groups is 2. The molecule has 1 heterocycles. The molecule has 0 spiro atoms. The van der Waals surface area contributed by atoms with E-state index in [-0.39, 0.29) is 22.4 Å². The minimum atomic E-state index is -0.863. The van der Waals surface area contributed by atoms with E-state index in [1.54, 1.807) is 4.90 Å². The molecule has 1 aromatic rings. The SMILES string of the molecule is CC1(C)CC(N)CC(C)(C)N1C(=O)C(=O)Nc1ccc(Cl)c([N+](=O)[O-])c1. The molecule has 3 N–H and O–H groups in total. The van der Waals surface area contributed by atoms with Crippen LogP contribution in [0, 0.1) is 10.1 Å². The number of carbonyl (C=O) groups excluding carboxylic acids is 2. The number of nitro benzene ring substituents is 1. The predicted octanol–water partition coefficient (Wildman–Crippen LogP) is 2.69. The summed E-state index contributed by atoms with van der Waals surface area (Å²) in [6.07, 6.45) is 1.14. The number of hydrogen-bond donors (Lipinski definition) is 2. The van der Waals surface area contributed by atoms with Crippen LogP contribution in [0.1, 0.15) is 40.5 Å². The van der Waals surface area contributed by atoms with E-state index in [4.69, 9.17) is 17.3 Å². The second-order valence-electron chi connectivity index (χ2n) is 7.81. The van der Waals surface area contributed by atoms with Gasteiger partial charge in [0.25, 0.3) is 5.69 Å². The maximum Gasteiger partial charge on any atom is 0.313 e. The number of benzene rings is 1. The van der Waals surface area contributed by atoms with Gasteiger partial charge in [-0.1, -0.05) is 11.6 Å². The molecule has 0 atom stereocenters. The lowest BCUT2D eigenvalue weighted by atomic mass is 9.77. The molecule has 142 valence electrons. The average molecular weight is 383 g/mol. The highest BCUT2D eigenvalue weighted by atomic mass is 35.5. The van der Waals surface area contributed by atoms with Gasteiger partial charge in [0, 0.05) is 28.9 Å². The van der Waals surface area contributed by atoms with Crippen LogP contribution in [0.25, 0.3) is 0 Å². The van der Waals surface area contributed by atoms with Gasteiger partial charge in [-0.3, -0.25) is 19.7 Å². The summed E-state index contributed by atoms with van der Waals surface area (Å²) in [5, 5.41) is 13.3. The summed E-state index contributed by atoms with van der Waals surface area (Å²) in [6, 6.07) is 3.76. The molecule has 2 rings (SSSR count). The Kier molecular flexibility index (Phi) is 5.30. The lowest BCUT2D eigenvalue weighted by molar-refractivity contribution is -0.384. The van der Waals surface area contributed by atoms with E-state index in [2.05, 4.69) is 5.32 Å². The summed E-state index contributed by atoms with van der Waals surface area (Å²) >= 11 is 5.76. The van der Waals surface area contributed by atoms with Gasteiger partial charge < -0.3 is 16.0 Å². The van der Waals surface area contributed by atoms with E-state index in [1.165, 1.54) is 12.1 Å². The number of nitrogens with one attached hydrogen (secondary N) is 1. The molecule has 2 amide bonds. The Labute approximate surface area is 156 Å². The first-order valence-electron chi connectivity index (χ1n) is 8.20. The molecule has 1 fully saturated rings. The summed E-state index contributed by atoms with van der Waals surface area (Å²) in [4.78, 5) is 37.2. The third-order valence-corrected chi connectivity index (χ3v) is 4.85. The number of halogens is 1. The largest absolute Gasteiger partial charge is 0.328 e. The molecule has 0 radical (unpaired) electrons. The van der Waals surface area contributed by atoms with E-state index < -0.39 is 27.8 Å². The van der Waals surface area contributed by atoms with Crippen molar-refractivity contribution in [1.82, 2.24) is 4.90 Å². The zero-order valence-corrected chi connectivity index (χ0v) is 16.0. The fourth-order valence-electron chi connectivity index (χ4n) is 3.92. The molecule has 0 bridgehead atoms. The van der Waals surface area contributed by atoms with Crippen LogP contribution in [-0.4, -0.2) is 38.8 Å². The summed E-state index contributed by atoms with van der Waals surface area (Å²) in [5.41, 5.74) is 4.68. The van der Waals surface area contributed by atoms with Crippen molar-refractivity contribution in [2.24, 2.45) is 5.73 Å². The molecule has 0 aliphatic carbocycles. The van der Waals surface area contributed by atoms with Gasteiger partial charge in [-0.05, 0) is 52.7 Å². The number of hydrogen-bond acceptors (Lipinski definition) is 5. The standard InChI is InChI=1S/C17H23ClN4O4/c1-16(2)8-10(19)9-17(3,4)21(16)15(24)14(23)20-11-5-6-12(18)13(7-11)22(25)26/h5-7,10H,8-9,19H2,1-4H3,(H,20,23). The molecule has 8 nitrogen and oxygen atoms in total. The zero-order chi connectivity index (χ0) is 19.9. The first-order valence-corrected chi connectivity index (χ1v) is 8.58. The van der Waals surface area contributed by atoms with E-state index in [1.807, 2.05) is 27.7 Å². The van der Waals surface area contributed by atoms with Gasteiger partial charge in [-0.2, -0.15) is 0 Å². The van der Waals surface area contributed by atoms with Gasteiger partial charge in [0.15, 0.2) is 0 Å². The highest BCUT2D eigenvalue weighted by molar-refractivity contribution is 6.40. The third kappa shape index (κ3) is 3.96. The number of nitrogens with zero attached hydrogens (tertiary/aromatic N) is 2. The molecule has 9 heteroatoms. The van der Waals surface area contributed by atoms with Crippen molar-refractivity contribution in [3.8, 4) is 0 Å². The van der Waals surface area contributed by atoms with E-state index in [9.17, 15) is 19.7 Å². The number of amides is 2. The van der Waals surface area contributed by atoms with Crippen LogP contribution in [0.15, 0.2) is 18.2 Å². The Bertz CT molecular complexity index is 745. The van der Waals surface area contributed by atoms with Gasteiger partial charge >= 0.3 is 11.8 Å². The Morgan fingerprint density at radius 1 is 1.27 bits per heavy atom. The minimum absolute atomic E-state index is 0.0494. The molecule has 0 saturated carbocycles. The Morgan fingerprint density at radius 3 is 2.31 bits per heavy atom. The topological polar surface area (TPSA) is 119 Å². The quantitative estimate of drug-likeness (QED) is 0.463. The number of anilines is 1. The van der Waals surface area contributed by atoms with Gasteiger partial charge in [0.05, 0.1) is 4.92 Å². The summed E-state index contributed by atoms with van der Waals surface area (Å²) in [7, 11) is 0. The Morgan fingerprint density at radius 2 is 1.81 bits per heavy atom. The van der Waals surface area contributed by atoms with Crippen LogP contribution in [0.2, 0.25) is 5.02 Å². The molecule has 1 saturated heterocycles. The van der Waals surface area contributed by atoms with Crippen molar-refractivity contribution in [2.75, 3.05) is 5.32 Å². The first-order chi connectivity index (χ1) is 11.8. The normalized spacial score (nSPS) is 19.1. The van der Waals surface area contributed by atoms with Gasteiger partial charge in [0.2, 0.25) is 0 Å². The maximum absolute atomic E-state index is 12.8. The van der Waals surface area contributed by atoms with Crippen molar-refractivity contribution < 1.29 is 14.5 Å². The van der Waals surface area contributed by atoms with Crippen LogP contribution >= 0.6 is 11.6 Å². The molecule has 1 aromatic carbocycles. The highest BCUT2D eigenvalue weighted by Crippen LogP contribution is 2.38. The van der Waals surface area contributed by atoms with Crippen molar-refractivity contribution in [3.05, 3.63) is 33.3 Å². The number of likely N-dealkylation sites (tertiary alicyclic amines) is 1. The molecular formula is C17H23ClN4O4. The number of piperidine rings is 1. The molecule has 1 aliphatic rings. The van der Waals surface area contributed by atoms with Crippen LogP contribution in [0.5, 0.6) is 0 Å². The number of rotatable bonds is 2. The van der Waals surface area contributed by atoms with Gasteiger partial charge in [-0.15, -0.1) is 0 Å². The van der Waals surface area contributed by atoms with Crippen molar-refractivity contribution in [1.29, 1.82) is 0 Å². The highest BCUT2D eigenvalue weighted by Gasteiger charge is 2.48. The van der Waals surface area contributed by atoms with E-state index in [0.29, 0.717) is 12.8 Å². The van der Waals surface area contributed by atoms with Crippen LogP contribution < -0.4 is 11.1 Å². The molecule has 0 unspecified atom stereocenters. The summed E-state index contributed by atoms with van der Waals surface area (Å²) < 4.78 is 0. The second kappa shape index (κ2) is 6.85. The summed E-state index contributed by atoms with van der Waals surface area (Å²) in [5.74, 6) is -1.57. The van der Waals surface area contributed by atoms with Gasteiger partial charge in [0.1, 0.15) is 5.02 Å². The maximum atomic E-state index is 12.8. The number of nitrogens with two attached hydrogens (primary N) is 1. The van der Waals surface area contributed by atoms with E-state index >= 15 is 0 Å². The minimum Gasteiger partial charge on any atom is -0.328 e. The molecule has 1 aliphatic heterocycles. The predicted molar refractivity (Wildman–Crippen MR) is 98.9 cm³/mol. The van der Waals surface area contributed by atoms with Crippen molar-refractivity contribution in [3.63, 3.8) is 0 Å². The van der Waals surface area contributed by atoms with Crippen LogP contribution in [0.4, 0.5) is 11.4 Å². The molecule has 0 aromatic heterocycles. The fourth-order valence-corrected chi connectivity index (χ4v) is 4.11. The fraction of sp³-hybridized carbons (Fsp3) is 0.529.